The zero-order chi connectivity index (χ0) is 41.7. The first-order chi connectivity index (χ1) is 30.3. The Labute approximate surface area is 363 Å². The summed E-state index contributed by atoms with van der Waals surface area (Å²) in [5.74, 6) is 0. The number of anilines is 3. The SMILES string of the molecule is CC1(C)c2ccccc2-c2cccc(-c3cccc(N(c4ccc(-c5cccc6c5oc5ccccc56)cc4)c4cccc(-c5cccc6c5C(C)(C)c5ccccc5-6)c4)c3)c21. The summed E-state index contributed by atoms with van der Waals surface area (Å²) in [6, 6.07) is 73.5. The van der Waals surface area contributed by atoms with Gasteiger partial charge < -0.3 is 9.32 Å². The number of nitrogens with zero attached hydrogens (tertiary/aromatic N) is 1. The number of benzene rings is 9. The second-order valence-electron chi connectivity index (χ2n) is 18.1. The van der Waals surface area contributed by atoms with Gasteiger partial charge in [-0.05, 0) is 115 Å². The molecule has 296 valence electrons. The van der Waals surface area contributed by atoms with Gasteiger partial charge in [0.05, 0.1) is 0 Å². The first-order valence-electron chi connectivity index (χ1n) is 21.8. The van der Waals surface area contributed by atoms with Gasteiger partial charge in [-0.3, -0.25) is 0 Å². The normalized spacial score (nSPS) is 14.1. The Morgan fingerprint density at radius 2 is 0.790 bits per heavy atom. The molecule has 0 atom stereocenters. The molecule has 0 fully saturated rings. The lowest BCUT2D eigenvalue weighted by molar-refractivity contribution is 0.662. The van der Waals surface area contributed by atoms with Crippen LogP contribution in [0.25, 0.3) is 77.6 Å². The maximum Gasteiger partial charge on any atom is 0.143 e. The Kier molecular flexibility index (Phi) is 7.96. The molecule has 62 heavy (non-hydrogen) atoms. The molecule has 0 radical (unpaired) electrons. The standard InChI is InChI=1S/C60H45NO/c1-59(2)53-29-8-5-20-47(53)50-26-13-23-44(56(50)59)39-16-11-18-42(36-39)61(41-34-32-38(33-35-41)46-25-15-28-52-49-22-7-10-31-55(49)62-58(46)52)43-19-12-17-40(37-43)45-24-14-27-51-48-21-6-9-30-54(48)60(3,4)57(45)51/h5-37H,1-4H3. The average molecular weight is 796 g/mol. The fourth-order valence-corrected chi connectivity index (χ4v) is 11.0. The van der Waals surface area contributed by atoms with Crippen molar-refractivity contribution in [3.8, 4) is 55.6 Å². The van der Waals surface area contributed by atoms with E-state index >= 15 is 0 Å². The van der Waals surface area contributed by atoms with Crippen LogP contribution in [0.4, 0.5) is 17.1 Å². The Bertz CT molecular complexity index is 3270. The molecule has 1 aromatic heterocycles. The minimum atomic E-state index is -0.131. The Morgan fingerprint density at radius 1 is 0.339 bits per heavy atom. The summed E-state index contributed by atoms with van der Waals surface area (Å²) in [7, 11) is 0. The van der Waals surface area contributed by atoms with Gasteiger partial charge in [0.15, 0.2) is 0 Å². The van der Waals surface area contributed by atoms with Crippen LogP contribution in [0.2, 0.25) is 0 Å². The molecule has 1 heterocycles. The third-order valence-electron chi connectivity index (χ3n) is 13.8. The summed E-state index contributed by atoms with van der Waals surface area (Å²) in [5.41, 5.74) is 22.9. The van der Waals surface area contributed by atoms with Gasteiger partial charge in [0.1, 0.15) is 11.2 Å². The summed E-state index contributed by atoms with van der Waals surface area (Å²) in [6.07, 6.45) is 0. The van der Waals surface area contributed by atoms with Crippen LogP contribution in [0, 0.1) is 0 Å². The fraction of sp³-hybridized carbons (Fsp3) is 0.100. The highest BCUT2D eigenvalue weighted by molar-refractivity contribution is 6.09. The third kappa shape index (κ3) is 5.36. The highest BCUT2D eigenvalue weighted by Gasteiger charge is 2.38. The van der Waals surface area contributed by atoms with E-state index in [-0.39, 0.29) is 10.8 Å². The maximum atomic E-state index is 6.49. The summed E-state index contributed by atoms with van der Waals surface area (Å²) >= 11 is 0. The quantitative estimate of drug-likeness (QED) is 0.167. The van der Waals surface area contributed by atoms with Gasteiger partial charge in [-0.2, -0.15) is 0 Å². The fourth-order valence-electron chi connectivity index (χ4n) is 11.0. The van der Waals surface area contributed by atoms with Crippen molar-refractivity contribution in [2.24, 2.45) is 0 Å². The van der Waals surface area contributed by atoms with Gasteiger partial charge in [-0.25, -0.2) is 0 Å². The zero-order valence-electron chi connectivity index (χ0n) is 35.4. The van der Waals surface area contributed by atoms with Crippen LogP contribution >= 0.6 is 0 Å². The van der Waals surface area contributed by atoms with Crippen LogP contribution in [0.5, 0.6) is 0 Å². The van der Waals surface area contributed by atoms with Crippen molar-refractivity contribution in [1.29, 1.82) is 0 Å². The van der Waals surface area contributed by atoms with Crippen molar-refractivity contribution < 1.29 is 4.42 Å². The molecule has 0 saturated carbocycles. The monoisotopic (exact) mass is 795 g/mol. The van der Waals surface area contributed by atoms with Gasteiger partial charge in [0, 0.05) is 44.2 Å². The van der Waals surface area contributed by atoms with Gasteiger partial charge in [0.2, 0.25) is 0 Å². The summed E-state index contributed by atoms with van der Waals surface area (Å²) in [6.45, 7) is 9.49. The zero-order valence-corrected chi connectivity index (χ0v) is 35.4. The number of hydrogen-bond acceptors (Lipinski definition) is 2. The number of hydrogen-bond donors (Lipinski definition) is 0. The van der Waals surface area contributed by atoms with E-state index in [4.69, 9.17) is 4.42 Å². The average Bonchev–Trinajstić information content (AvgIpc) is 3.90. The van der Waals surface area contributed by atoms with E-state index in [0.717, 1.165) is 50.1 Å². The molecule has 2 aliphatic rings. The van der Waals surface area contributed by atoms with Crippen LogP contribution in [-0.2, 0) is 10.8 Å². The van der Waals surface area contributed by atoms with Crippen molar-refractivity contribution in [1.82, 2.24) is 0 Å². The first kappa shape index (κ1) is 36.4. The molecule has 2 nitrogen and oxygen atoms in total. The molecule has 0 bridgehead atoms. The molecule has 0 saturated heterocycles. The van der Waals surface area contributed by atoms with Crippen LogP contribution in [-0.4, -0.2) is 0 Å². The highest BCUT2D eigenvalue weighted by atomic mass is 16.3. The Hall–Kier alpha value is -7.42. The number of furan rings is 1. The van der Waals surface area contributed by atoms with Gasteiger partial charge >= 0.3 is 0 Å². The summed E-state index contributed by atoms with van der Waals surface area (Å²) < 4.78 is 6.49. The Morgan fingerprint density at radius 3 is 1.39 bits per heavy atom. The van der Waals surface area contributed by atoms with Crippen LogP contribution < -0.4 is 4.90 Å². The predicted octanol–water partition coefficient (Wildman–Crippen LogP) is 16.7. The van der Waals surface area contributed by atoms with Gasteiger partial charge in [0.25, 0.3) is 0 Å². The number of para-hydroxylation sites is 2. The van der Waals surface area contributed by atoms with Crippen molar-refractivity contribution in [2.45, 2.75) is 38.5 Å². The van der Waals surface area contributed by atoms with Crippen molar-refractivity contribution in [3.05, 3.63) is 222 Å². The Balaban J connectivity index is 1.01. The molecule has 0 spiro atoms. The minimum Gasteiger partial charge on any atom is -0.455 e. The maximum absolute atomic E-state index is 6.49. The van der Waals surface area contributed by atoms with Gasteiger partial charge in [-0.15, -0.1) is 0 Å². The lowest BCUT2D eigenvalue weighted by Gasteiger charge is -2.28. The molecular weight excluding hydrogens is 751 g/mol. The molecule has 2 aliphatic carbocycles. The lowest BCUT2D eigenvalue weighted by Crippen LogP contribution is -2.16. The predicted molar refractivity (Wildman–Crippen MR) is 260 cm³/mol. The molecule has 12 rings (SSSR count). The minimum absolute atomic E-state index is 0.131. The highest BCUT2D eigenvalue weighted by Crippen LogP contribution is 2.54. The molecular formula is C60H45NO. The largest absolute Gasteiger partial charge is 0.455 e. The molecule has 0 amide bonds. The number of fused-ring (bicyclic) bond motifs is 9. The first-order valence-corrected chi connectivity index (χ1v) is 21.8. The smallest absolute Gasteiger partial charge is 0.143 e. The topological polar surface area (TPSA) is 16.4 Å². The van der Waals surface area contributed by atoms with Crippen molar-refractivity contribution in [2.75, 3.05) is 4.90 Å². The molecule has 9 aromatic carbocycles. The van der Waals surface area contributed by atoms with E-state index in [1.54, 1.807) is 0 Å². The molecule has 2 heteroatoms. The van der Waals surface area contributed by atoms with Crippen LogP contribution in [0.1, 0.15) is 49.9 Å². The van der Waals surface area contributed by atoms with E-state index in [9.17, 15) is 0 Å². The second kappa shape index (κ2) is 13.5. The second-order valence-corrected chi connectivity index (χ2v) is 18.1. The van der Waals surface area contributed by atoms with E-state index in [1.165, 1.54) is 66.8 Å². The van der Waals surface area contributed by atoms with Crippen molar-refractivity contribution in [3.63, 3.8) is 0 Å². The molecule has 0 N–H and O–H groups in total. The van der Waals surface area contributed by atoms with Crippen molar-refractivity contribution >= 4 is 39.0 Å². The van der Waals surface area contributed by atoms with E-state index in [1.807, 2.05) is 6.07 Å². The molecule has 0 aliphatic heterocycles. The molecule has 0 unspecified atom stereocenters. The van der Waals surface area contributed by atoms with E-state index in [2.05, 4.69) is 227 Å². The summed E-state index contributed by atoms with van der Waals surface area (Å²) in [5, 5.41) is 2.27. The van der Waals surface area contributed by atoms with Crippen LogP contribution in [0.15, 0.2) is 205 Å². The molecule has 10 aromatic rings. The van der Waals surface area contributed by atoms with E-state index < -0.39 is 0 Å². The third-order valence-corrected chi connectivity index (χ3v) is 13.8. The van der Waals surface area contributed by atoms with Crippen LogP contribution in [0.3, 0.4) is 0 Å². The number of rotatable bonds is 6. The summed E-state index contributed by atoms with van der Waals surface area (Å²) in [4.78, 5) is 2.42. The van der Waals surface area contributed by atoms with Gasteiger partial charge in [-0.1, -0.05) is 185 Å². The lowest BCUT2D eigenvalue weighted by atomic mass is 9.79. The van der Waals surface area contributed by atoms with E-state index in [0.29, 0.717) is 0 Å².